The Hall–Kier alpha value is -3.20. The van der Waals surface area contributed by atoms with Gasteiger partial charge in [-0.25, -0.2) is 0 Å². The molecule has 3 rings (SSSR count). The number of nitrogens with zero attached hydrogens (tertiary/aromatic N) is 4. The Morgan fingerprint density at radius 1 is 1.19 bits per heavy atom. The van der Waals surface area contributed by atoms with Crippen molar-refractivity contribution in [2.75, 3.05) is 11.1 Å². The molecule has 9 heteroatoms. The molecule has 2 aromatic carbocycles. The third-order valence-electron chi connectivity index (χ3n) is 3.54. The minimum atomic E-state index is -0.505. The first kappa shape index (κ1) is 17.6. The number of nitro groups is 1. The molecule has 1 heterocycles. The lowest BCUT2D eigenvalue weighted by molar-refractivity contribution is -0.384. The molecule has 0 unspecified atom stereocenters. The van der Waals surface area contributed by atoms with Crippen LogP contribution in [0.15, 0.2) is 59.8 Å². The van der Waals surface area contributed by atoms with Gasteiger partial charge in [0.25, 0.3) is 5.69 Å². The highest BCUT2D eigenvalue weighted by Crippen LogP contribution is 2.23. The summed E-state index contributed by atoms with van der Waals surface area (Å²) in [6, 6.07) is 15.5. The van der Waals surface area contributed by atoms with Crippen LogP contribution in [0.4, 0.5) is 11.4 Å². The number of carbonyl (C=O) groups is 1. The van der Waals surface area contributed by atoms with Gasteiger partial charge in [-0.3, -0.25) is 14.9 Å². The van der Waals surface area contributed by atoms with Gasteiger partial charge in [-0.05, 0) is 6.07 Å². The Bertz CT molecular complexity index is 943. The first-order valence-corrected chi connectivity index (χ1v) is 8.65. The zero-order valence-electron chi connectivity index (χ0n) is 13.8. The van der Waals surface area contributed by atoms with E-state index in [9.17, 15) is 14.9 Å². The Morgan fingerprint density at radius 2 is 1.96 bits per heavy atom. The van der Waals surface area contributed by atoms with E-state index in [0.717, 1.165) is 5.56 Å². The summed E-state index contributed by atoms with van der Waals surface area (Å²) in [5, 5.41) is 22.3. The maximum Gasteiger partial charge on any atom is 0.271 e. The fourth-order valence-corrected chi connectivity index (χ4v) is 3.01. The highest BCUT2D eigenvalue weighted by atomic mass is 32.2. The Kier molecular flexibility index (Phi) is 5.28. The van der Waals surface area contributed by atoms with E-state index >= 15 is 0 Å². The number of nitro benzene ring substituents is 1. The maximum absolute atomic E-state index is 12.1. The molecule has 0 bridgehead atoms. The second-order valence-electron chi connectivity index (χ2n) is 5.38. The van der Waals surface area contributed by atoms with E-state index in [1.165, 1.54) is 30.0 Å². The molecule has 0 fully saturated rings. The fourth-order valence-electron chi connectivity index (χ4n) is 2.30. The molecule has 0 radical (unpaired) electrons. The van der Waals surface area contributed by atoms with Crippen LogP contribution in [0.2, 0.25) is 0 Å². The molecule has 0 aliphatic heterocycles. The van der Waals surface area contributed by atoms with E-state index in [0.29, 0.717) is 16.7 Å². The Morgan fingerprint density at radius 3 is 2.69 bits per heavy atom. The molecule has 26 heavy (non-hydrogen) atoms. The van der Waals surface area contributed by atoms with E-state index < -0.39 is 4.92 Å². The largest absolute Gasteiger partial charge is 0.325 e. The van der Waals surface area contributed by atoms with Crippen LogP contribution in [-0.2, 0) is 11.8 Å². The van der Waals surface area contributed by atoms with Crippen LogP contribution in [-0.4, -0.2) is 31.3 Å². The summed E-state index contributed by atoms with van der Waals surface area (Å²) in [6.45, 7) is 0. The Labute approximate surface area is 153 Å². The highest BCUT2D eigenvalue weighted by molar-refractivity contribution is 7.99. The third kappa shape index (κ3) is 4.06. The van der Waals surface area contributed by atoms with Gasteiger partial charge >= 0.3 is 0 Å². The first-order chi connectivity index (χ1) is 12.5. The number of amides is 1. The van der Waals surface area contributed by atoms with Crippen molar-refractivity contribution in [2.45, 2.75) is 5.16 Å². The number of anilines is 1. The molecule has 3 aromatic rings. The van der Waals surface area contributed by atoms with Crippen molar-refractivity contribution in [3.05, 3.63) is 64.7 Å². The minimum absolute atomic E-state index is 0.0729. The molecule has 1 amide bonds. The van der Waals surface area contributed by atoms with Gasteiger partial charge in [-0.2, -0.15) is 0 Å². The summed E-state index contributed by atoms with van der Waals surface area (Å²) in [4.78, 5) is 22.4. The maximum atomic E-state index is 12.1. The number of hydrogen-bond acceptors (Lipinski definition) is 6. The lowest BCUT2D eigenvalue weighted by atomic mass is 10.2. The van der Waals surface area contributed by atoms with Gasteiger partial charge < -0.3 is 9.88 Å². The van der Waals surface area contributed by atoms with Gasteiger partial charge in [0.05, 0.1) is 10.7 Å². The minimum Gasteiger partial charge on any atom is -0.325 e. The van der Waals surface area contributed by atoms with Gasteiger partial charge in [0.2, 0.25) is 5.91 Å². The van der Waals surface area contributed by atoms with Gasteiger partial charge in [-0.1, -0.05) is 48.2 Å². The number of hydrogen-bond donors (Lipinski definition) is 1. The monoisotopic (exact) mass is 369 g/mol. The molecule has 0 saturated carbocycles. The van der Waals surface area contributed by atoms with Crippen LogP contribution < -0.4 is 5.32 Å². The van der Waals surface area contributed by atoms with Crippen LogP contribution in [0, 0.1) is 10.1 Å². The van der Waals surface area contributed by atoms with Crippen molar-refractivity contribution in [2.24, 2.45) is 7.05 Å². The summed E-state index contributed by atoms with van der Waals surface area (Å²) in [5.41, 5.74) is 1.25. The van der Waals surface area contributed by atoms with Crippen molar-refractivity contribution in [3.63, 3.8) is 0 Å². The van der Waals surface area contributed by atoms with Crippen molar-refractivity contribution >= 4 is 29.0 Å². The summed E-state index contributed by atoms with van der Waals surface area (Å²) in [7, 11) is 1.84. The van der Waals surface area contributed by atoms with Crippen LogP contribution in [0.25, 0.3) is 11.4 Å². The number of benzene rings is 2. The van der Waals surface area contributed by atoms with E-state index in [1.54, 1.807) is 6.07 Å². The van der Waals surface area contributed by atoms with Crippen LogP contribution in [0.3, 0.4) is 0 Å². The van der Waals surface area contributed by atoms with Crippen molar-refractivity contribution in [1.29, 1.82) is 0 Å². The standard InChI is InChI=1S/C17H15N5O3S/c1-21-16(12-6-3-2-4-7-12)19-20-17(21)26-11-15(23)18-13-8-5-9-14(10-13)22(24)25/h2-10H,11H2,1H3,(H,18,23). The average molecular weight is 369 g/mol. The third-order valence-corrected chi connectivity index (χ3v) is 4.56. The fraction of sp³-hybridized carbons (Fsp3) is 0.118. The lowest BCUT2D eigenvalue weighted by Gasteiger charge is -2.05. The van der Waals surface area contributed by atoms with E-state index in [2.05, 4.69) is 15.5 Å². The van der Waals surface area contributed by atoms with Gasteiger partial charge in [0.1, 0.15) is 0 Å². The number of nitrogens with one attached hydrogen (secondary N) is 1. The van der Waals surface area contributed by atoms with E-state index in [1.807, 2.05) is 41.9 Å². The summed E-state index contributed by atoms with van der Waals surface area (Å²) >= 11 is 1.24. The molecule has 0 spiro atoms. The normalized spacial score (nSPS) is 10.5. The second-order valence-corrected chi connectivity index (χ2v) is 6.32. The van der Waals surface area contributed by atoms with Crippen LogP contribution >= 0.6 is 11.8 Å². The van der Waals surface area contributed by atoms with Gasteiger partial charge in [-0.15, -0.1) is 10.2 Å². The summed E-state index contributed by atoms with van der Waals surface area (Å²) in [6.07, 6.45) is 0. The molecular formula is C17H15N5O3S. The smallest absolute Gasteiger partial charge is 0.271 e. The number of thioether (sulfide) groups is 1. The SMILES string of the molecule is Cn1c(SCC(=O)Nc2cccc([N+](=O)[O-])c2)nnc1-c1ccccc1. The first-order valence-electron chi connectivity index (χ1n) is 7.66. The van der Waals surface area contributed by atoms with Crippen LogP contribution in [0.5, 0.6) is 0 Å². The van der Waals surface area contributed by atoms with Crippen molar-refractivity contribution in [3.8, 4) is 11.4 Å². The highest BCUT2D eigenvalue weighted by Gasteiger charge is 2.13. The quantitative estimate of drug-likeness (QED) is 0.407. The molecule has 0 atom stereocenters. The molecular weight excluding hydrogens is 354 g/mol. The predicted octanol–water partition coefficient (Wildman–Crippen LogP) is 3.12. The van der Waals surface area contributed by atoms with Gasteiger partial charge in [0, 0.05) is 30.4 Å². The van der Waals surface area contributed by atoms with Gasteiger partial charge in [0.15, 0.2) is 11.0 Å². The molecule has 1 aromatic heterocycles. The molecule has 132 valence electrons. The molecule has 0 aliphatic rings. The predicted molar refractivity (Wildman–Crippen MR) is 98.9 cm³/mol. The molecule has 8 nitrogen and oxygen atoms in total. The molecule has 0 aliphatic carbocycles. The average Bonchev–Trinajstić information content (AvgIpc) is 3.01. The lowest BCUT2D eigenvalue weighted by Crippen LogP contribution is -2.14. The topological polar surface area (TPSA) is 103 Å². The van der Waals surface area contributed by atoms with Crippen LogP contribution in [0.1, 0.15) is 0 Å². The zero-order valence-corrected chi connectivity index (χ0v) is 14.6. The second kappa shape index (κ2) is 7.79. The Balaban J connectivity index is 1.63. The van der Waals surface area contributed by atoms with E-state index in [-0.39, 0.29) is 17.3 Å². The number of carbonyl (C=O) groups excluding carboxylic acids is 1. The number of aromatic nitrogens is 3. The zero-order chi connectivity index (χ0) is 18.5. The molecule has 1 N–H and O–H groups in total. The van der Waals surface area contributed by atoms with Crippen molar-refractivity contribution in [1.82, 2.24) is 14.8 Å². The van der Waals surface area contributed by atoms with Crippen molar-refractivity contribution < 1.29 is 9.72 Å². The molecule has 0 saturated heterocycles. The number of rotatable bonds is 6. The van der Waals surface area contributed by atoms with E-state index in [4.69, 9.17) is 0 Å². The number of non-ortho nitro benzene ring substituents is 1. The summed E-state index contributed by atoms with van der Waals surface area (Å²) in [5.74, 6) is 0.552. The summed E-state index contributed by atoms with van der Waals surface area (Å²) < 4.78 is 1.82.